The first-order valence-electron chi connectivity index (χ1n) is 10.3. The number of hydrogen-bond donors (Lipinski definition) is 2. The summed E-state index contributed by atoms with van der Waals surface area (Å²) in [6.07, 6.45) is 0.587. The van der Waals surface area contributed by atoms with Gasteiger partial charge in [0, 0.05) is 17.2 Å². The monoisotopic (exact) mass is 472 g/mol. The van der Waals surface area contributed by atoms with Crippen LogP contribution < -0.4 is 14.8 Å². The molecule has 2 atom stereocenters. The summed E-state index contributed by atoms with van der Waals surface area (Å²) < 4.78 is 18.1. The largest absolute Gasteiger partial charge is 0.497 e. The summed E-state index contributed by atoms with van der Waals surface area (Å²) in [6.45, 7) is 4.01. The standard InChI is InChI=1S/C23H25ClN4O5/c1-23(2)26-19(20(33-23)22(29)30)13-6-8-17(24)16(9-13)21-25-12-28(27-21)11-14-5-7-15(31-3)10-18(14)32-4/h5-10,12,19-20,26H,11H2,1-4H3,(H,29,30). The van der Waals surface area contributed by atoms with Crippen LogP contribution in [0, 0.1) is 0 Å². The SMILES string of the molecule is COc1ccc(Cn2cnc(-c3cc(C4NC(C)(C)OC4C(=O)O)ccc3Cl)n2)c(OC)c1. The number of benzene rings is 2. The molecule has 3 aromatic rings. The highest BCUT2D eigenvalue weighted by atomic mass is 35.5. The summed E-state index contributed by atoms with van der Waals surface area (Å²) in [5, 5.41) is 17.9. The van der Waals surface area contributed by atoms with E-state index in [9.17, 15) is 9.90 Å². The maximum atomic E-state index is 11.7. The number of aromatic nitrogens is 3. The molecular formula is C23H25ClN4O5. The number of carboxylic acid groups (broad SMARTS) is 1. The van der Waals surface area contributed by atoms with Crippen LogP contribution in [-0.2, 0) is 16.1 Å². The molecule has 1 aromatic heterocycles. The van der Waals surface area contributed by atoms with Crippen molar-refractivity contribution < 1.29 is 24.1 Å². The van der Waals surface area contributed by atoms with Gasteiger partial charge in [0.2, 0.25) is 0 Å². The van der Waals surface area contributed by atoms with Crippen molar-refractivity contribution in [1.29, 1.82) is 0 Å². The van der Waals surface area contributed by atoms with Crippen LogP contribution in [0.15, 0.2) is 42.7 Å². The van der Waals surface area contributed by atoms with Gasteiger partial charge in [-0.3, -0.25) is 5.32 Å². The molecule has 1 aliphatic heterocycles. The molecule has 1 aliphatic rings. The predicted molar refractivity (Wildman–Crippen MR) is 122 cm³/mol. The number of aliphatic carboxylic acids is 1. The summed E-state index contributed by atoms with van der Waals surface area (Å²) in [5.41, 5.74) is 1.46. The molecular weight excluding hydrogens is 448 g/mol. The number of nitrogens with zero attached hydrogens (tertiary/aromatic N) is 3. The summed E-state index contributed by atoms with van der Waals surface area (Å²) >= 11 is 6.45. The highest BCUT2D eigenvalue weighted by molar-refractivity contribution is 6.33. The van der Waals surface area contributed by atoms with E-state index >= 15 is 0 Å². The number of halogens is 1. The molecule has 10 heteroatoms. The van der Waals surface area contributed by atoms with Gasteiger partial charge in [0.05, 0.1) is 31.8 Å². The number of ether oxygens (including phenoxy) is 3. The van der Waals surface area contributed by atoms with E-state index in [0.29, 0.717) is 34.5 Å². The molecule has 0 aliphatic carbocycles. The van der Waals surface area contributed by atoms with Crippen molar-refractivity contribution in [1.82, 2.24) is 20.1 Å². The minimum Gasteiger partial charge on any atom is -0.497 e. The van der Waals surface area contributed by atoms with E-state index in [1.165, 1.54) is 0 Å². The quantitative estimate of drug-likeness (QED) is 0.538. The number of hydrogen-bond acceptors (Lipinski definition) is 7. The Kier molecular flexibility index (Phi) is 6.29. The molecule has 0 radical (unpaired) electrons. The van der Waals surface area contributed by atoms with Gasteiger partial charge in [0.15, 0.2) is 11.9 Å². The van der Waals surface area contributed by atoms with Crippen LogP contribution in [-0.4, -0.2) is 51.9 Å². The third-order valence-electron chi connectivity index (χ3n) is 5.42. The Morgan fingerprint density at radius 2 is 2.03 bits per heavy atom. The first-order chi connectivity index (χ1) is 15.7. The van der Waals surface area contributed by atoms with E-state index in [1.54, 1.807) is 57.3 Å². The zero-order valence-electron chi connectivity index (χ0n) is 18.7. The van der Waals surface area contributed by atoms with Crippen molar-refractivity contribution in [2.45, 2.75) is 38.3 Å². The fourth-order valence-electron chi connectivity index (χ4n) is 3.88. The normalized spacial score (nSPS) is 19.4. The molecule has 0 saturated carbocycles. The van der Waals surface area contributed by atoms with Crippen LogP contribution in [0.25, 0.3) is 11.4 Å². The van der Waals surface area contributed by atoms with Crippen LogP contribution in [0.4, 0.5) is 0 Å². The second kappa shape index (κ2) is 9.01. The Morgan fingerprint density at radius 1 is 1.24 bits per heavy atom. The van der Waals surface area contributed by atoms with E-state index in [1.807, 2.05) is 18.2 Å². The Morgan fingerprint density at radius 3 is 2.73 bits per heavy atom. The first kappa shape index (κ1) is 23.0. The number of carbonyl (C=O) groups is 1. The lowest BCUT2D eigenvalue weighted by Crippen LogP contribution is -2.34. The van der Waals surface area contributed by atoms with Gasteiger partial charge in [0.25, 0.3) is 0 Å². The minimum absolute atomic E-state index is 0.430. The summed E-state index contributed by atoms with van der Waals surface area (Å²) in [4.78, 5) is 16.1. The Balaban J connectivity index is 1.62. The Bertz CT molecular complexity index is 1180. The zero-order valence-corrected chi connectivity index (χ0v) is 19.5. The molecule has 174 valence electrons. The molecule has 9 nitrogen and oxygen atoms in total. The molecule has 2 heterocycles. The maximum Gasteiger partial charge on any atom is 0.334 e. The molecule has 1 saturated heterocycles. The first-order valence-corrected chi connectivity index (χ1v) is 10.7. The smallest absolute Gasteiger partial charge is 0.334 e. The molecule has 0 bridgehead atoms. The van der Waals surface area contributed by atoms with Crippen molar-refractivity contribution in [3.8, 4) is 22.9 Å². The highest BCUT2D eigenvalue weighted by Gasteiger charge is 2.44. The molecule has 2 N–H and O–H groups in total. The van der Waals surface area contributed by atoms with Gasteiger partial charge in [-0.15, -0.1) is 0 Å². The Hall–Kier alpha value is -3.14. The van der Waals surface area contributed by atoms with Gasteiger partial charge in [-0.2, -0.15) is 5.10 Å². The van der Waals surface area contributed by atoms with E-state index < -0.39 is 23.8 Å². The molecule has 4 rings (SSSR count). The van der Waals surface area contributed by atoms with Crippen LogP contribution in [0.5, 0.6) is 11.5 Å². The van der Waals surface area contributed by atoms with Crippen LogP contribution in [0.3, 0.4) is 0 Å². The lowest BCUT2D eigenvalue weighted by atomic mass is 9.99. The number of nitrogens with one attached hydrogen (secondary N) is 1. The van der Waals surface area contributed by atoms with Crippen molar-refractivity contribution in [3.63, 3.8) is 0 Å². The van der Waals surface area contributed by atoms with Crippen molar-refractivity contribution in [2.75, 3.05) is 14.2 Å². The van der Waals surface area contributed by atoms with E-state index in [2.05, 4.69) is 15.4 Å². The average molecular weight is 473 g/mol. The van der Waals surface area contributed by atoms with Gasteiger partial charge < -0.3 is 19.3 Å². The number of rotatable bonds is 7. The van der Waals surface area contributed by atoms with Gasteiger partial charge in [-0.25, -0.2) is 14.5 Å². The molecule has 2 aromatic carbocycles. The van der Waals surface area contributed by atoms with Gasteiger partial charge >= 0.3 is 5.97 Å². The molecule has 0 spiro atoms. The zero-order chi connectivity index (χ0) is 23.8. The third-order valence-corrected chi connectivity index (χ3v) is 5.75. The summed E-state index contributed by atoms with van der Waals surface area (Å²) in [5.74, 6) is 0.775. The fraction of sp³-hybridized carbons (Fsp3) is 0.348. The summed E-state index contributed by atoms with van der Waals surface area (Å²) in [6, 6.07) is 10.3. The van der Waals surface area contributed by atoms with E-state index in [0.717, 1.165) is 11.1 Å². The molecule has 33 heavy (non-hydrogen) atoms. The van der Waals surface area contributed by atoms with Crippen molar-refractivity contribution in [3.05, 3.63) is 58.9 Å². The van der Waals surface area contributed by atoms with Crippen LogP contribution in [0.1, 0.15) is 31.0 Å². The average Bonchev–Trinajstić information content (AvgIpc) is 3.38. The van der Waals surface area contributed by atoms with Crippen LogP contribution in [0.2, 0.25) is 5.02 Å². The number of carboxylic acids is 1. The van der Waals surface area contributed by atoms with Gasteiger partial charge in [-0.05, 0) is 43.7 Å². The topological polar surface area (TPSA) is 108 Å². The number of methoxy groups -OCH3 is 2. The van der Waals surface area contributed by atoms with Gasteiger partial charge in [-0.1, -0.05) is 17.7 Å². The summed E-state index contributed by atoms with van der Waals surface area (Å²) in [7, 11) is 3.20. The van der Waals surface area contributed by atoms with Gasteiger partial charge in [0.1, 0.15) is 23.6 Å². The third kappa shape index (κ3) is 4.80. The fourth-order valence-corrected chi connectivity index (χ4v) is 4.08. The second-order valence-electron chi connectivity index (χ2n) is 8.19. The second-order valence-corrected chi connectivity index (χ2v) is 8.60. The predicted octanol–water partition coefficient (Wildman–Crippen LogP) is 3.51. The van der Waals surface area contributed by atoms with E-state index in [-0.39, 0.29) is 0 Å². The molecule has 1 fully saturated rings. The molecule has 0 amide bonds. The van der Waals surface area contributed by atoms with Crippen molar-refractivity contribution in [2.24, 2.45) is 0 Å². The van der Waals surface area contributed by atoms with Crippen molar-refractivity contribution >= 4 is 17.6 Å². The van der Waals surface area contributed by atoms with Crippen LogP contribution >= 0.6 is 11.6 Å². The lowest BCUT2D eigenvalue weighted by Gasteiger charge is -2.18. The lowest BCUT2D eigenvalue weighted by molar-refractivity contribution is -0.153. The van der Waals surface area contributed by atoms with E-state index in [4.69, 9.17) is 25.8 Å². The highest BCUT2D eigenvalue weighted by Crippen LogP contribution is 2.35. The Labute approximate surface area is 196 Å². The molecule has 2 unspecified atom stereocenters. The maximum absolute atomic E-state index is 11.7. The minimum atomic E-state index is -1.04.